The molecule has 0 radical (unpaired) electrons. The second-order valence-electron chi connectivity index (χ2n) is 3.74. The van der Waals surface area contributed by atoms with Gasteiger partial charge < -0.3 is 10.6 Å². The first-order valence-corrected chi connectivity index (χ1v) is 5.08. The van der Waals surface area contributed by atoms with Gasteiger partial charge in [-0.05, 0) is 44.6 Å². The van der Waals surface area contributed by atoms with Crippen molar-refractivity contribution in [3.8, 4) is 0 Å². The second-order valence-corrected chi connectivity index (χ2v) is 3.74. The Balaban J connectivity index is 2.88. The van der Waals surface area contributed by atoms with Gasteiger partial charge in [-0.25, -0.2) is 0 Å². The van der Waals surface area contributed by atoms with Crippen LogP contribution in [0.4, 0.5) is 0 Å². The average molecular weight is 192 g/mol. The van der Waals surface area contributed by atoms with E-state index in [4.69, 9.17) is 0 Å². The molecule has 0 aromatic heterocycles. The van der Waals surface area contributed by atoms with Crippen LogP contribution in [-0.2, 0) is 0 Å². The van der Waals surface area contributed by atoms with E-state index < -0.39 is 0 Å². The third kappa shape index (κ3) is 2.56. The van der Waals surface area contributed by atoms with Gasteiger partial charge >= 0.3 is 0 Å². The van der Waals surface area contributed by atoms with E-state index >= 15 is 0 Å². The standard InChI is InChI=1S/C12H20N2/c1-9-5-6-11(7-10(9)2)12(14-4)8-13-3/h5-7,12-14H,8H2,1-4H3. The summed E-state index contributed by atoms with van der Waals surface area (Å²) in [6, 6.07) is 7.04. The Morgan fingerprint density at radius 2 is 1.86 bits per heavy atom. The number of hydrogen-bond acceptors (Lipinski definition) is 2. The molecule has 1 aromatic rings. The SMILES string of the molecule is CNCC(NC)c1ccc(C)c(C)c1. The molecule has 0 spiro atoms. The van der Waals surface area contributed by atoms with E-state index in [0.29, 0.717) is 6.04 Å². The Hall–Kier alpha value is -0.860. The van der Waals surface area contributed by atoms with Crippen LogP contribution in [0.1, 0.15) is 22.7 Å². The largest absolute Gasteiger partial charge is 0.318 e. The van der Waals surface area contributed by atoms with Crippen molar-refractivity contribution in [3.63, 3.8) is 0 Å². The van der Waals surface area contributed by atoms with E-state index in [2.05, 4.69) is 42.7 Å². The summed E-state index contributed by atoms with van der Waals surface area (Å²) in [5.41, 5.74) is 4.07. The smallest absolute Gasteiger partial charge is 0.0444 e. The lowest BCUT2D eigenvalue weighted by atomic mass is 10.0. The molecule has 1 unspecified atom stereocenters. The Bertz CT molecular complexity index is 294. The van der Waals surface area contributed by atoms with Crippen LogP contribution >= 0.6 is 0 Å². The van der Waals surface area contributed by atoms with Gasteiger partial charge in [0.05, 0.1) is 0 Å². The van der Waals surface area contributed by atoms with E-state index in [0.717, 1.165) is 6.54 Å². The summed E-state index contributed by atoms with van der Waals surface area (Å²) in [6.07, 6.45) is 0. The summed E-state index contributed by atoms with van der Waals surface area (Å²) in [5.74, 6) is 0. The lowest BCUT2D eigenvalue weighted by Gasteiger charge is -2.17. The Morgan fingerprint density at radius 1 is 1.14 bits per heavy atom. The first kappa shape index (κ1) is 11.2. The van der Waals surface area contributed by atoms with E-state index in [1.54, 1.807) is 0 Å². The number of hydrogen-bond donors (Lipinski definition) is 2. The van der Waals surface area contributed by atoms with Crippen LogP contribution in [0.5, 0.6) is 0 Å². The molecule has 0 amide bonds. The highest BCUT2D eigenvalue weighted by Gasteiger charge is 2.07. The Labute approximate surface area is 86.7 Å². The maximum Gasteiger partial charge on any atom is 0.0444 e. The highest BCUT2D eigenvalue weighted by molar-refractivity contribution is 5.31. The van der Waals surface area contributed by atoms with Crippen molar-refractivity contribution in [1.29, 1.82) is 0 Å². The van der Waals surface area contributed by atoms with Crippen molar-refractivity contribution in [1.82, 2.24) is 10.6 Å². The quantitative estimate of drug-likeness (QED) is 0.760. The van der Waals surface area contributed by atoms with Crippen LogP contribution < -0.4 is 10.6 Å². The van der Waals surface area contributed by atoms with Gasteiger partial charge in [0.15, 0.2) is 0 Å². The number of rotatable bonds is 4. The van der Waals surface area contributed by atoms with Gasteiger partial charge in [0.2, 0.25) is 0 Å². The zero-order valence-electron chi connectivity index (χ0n) is 9.52. The zero-order chi connectivity index (χ0) is 10.6. The summed E-state index contributed by atoms with van der Waals surface area (Å²) in [5, 5.41) is 6.49. The minimum absolute atomic E-state index is 0.402. The Kier molecular flexibility index (Phi) is 4.11. The van der Waals surface area contributed by atoms with Crippen molar-refractivity contribution >= 4 is 0 Å². The second kappa shape index (κ2) is 5.13. The van der Waals surface area contributed by atoms with Crippen molar-refractivity contribution in [2.24, 2.45) is 0 Å². The average Bonchev–Trinajstić information content (AvgIpc) is 2.19. The summed E-state index contributed by atoms with van der Waals surface area (Å²) in [4.78, 5) is 0. The number of likely N-dealkylation sites (N-methyl/N-ethyl adjacent to an activating group) is 2. The van der Waals surface area contributed by atoms with Crippen molar-refractivity contribution in [2.45, 2.75) is 19.9 Å². The fourth-order valence-corrected chi connectivity index (χ4v) is 1.57. The molecule has 2 N–H and O–H groups in total. The first-order chi connectivity index (χ1) is 6.69. The van der Waals surface area contributed by atoms with Crippen molar-refractivity contribution in [3.05, 3.63) is 34.9 Å². The molecule has 0 heterocycles. The Morgan fingerprint density at radius 3 is 2.36 bits per heavy atom. The molecular formula is C12H20N2. The third-order valence-corrected chi connectivity index (χ3v) is 2.69. The molecule has 78 valence electrons. The van der Waals surface area contributed by atoms with Gasteiger partial charge in [-0.2, -0.15) is 0 Å². The van der Waals surface area contributed by atoms with Gasteiger partial charge in [-0.1, -0.05) is 18.2 Å². The maximum absolute atomic E-state index is 3.30. The molecule has 0 aliphatic carbocycles. The lowest BCUT2D eigenvalue weighted by Crippen LogP contribution is -2.27. The van der Waals surface area contributed by atoms with Gasteiger partial charge in [0, 0.05) is 12.6 Å². The minimum Gasteiger partial charge on any atom is -0.318 e. The predicted molar refractivity (Wildman–Crippen MR) is 61.6 cm³/mol. The molecule has 0 saturated carbocycles. The van der Waals surface area contributed by atoms with Crippen LogP contribution in [0.25, 0.3) is 0 Å². The van der Waals surface area contributed by atoms with Crippen LogP contribution in [0.2, 0.25) is 0 Å². The van der Waals surface area contributed by atoms with E-state index in [1.807, 2.05) is 14.1 Å². The van der Waals surface area contributed by atoms with Crippen LogP contribution in [0.15, 0.2) is 18.2 Å². The van der Waals surface area contributed by atoms with Crippen LogP contribution in [0.3, 0.4) is 0 Å². The summed E-state index contributed by atoms with van der Waals surface area (Å²) < 4.78 is 0. The van der Waals surface area contributed by atoms with E-state index in [-0.39, 0.29) is 0 Å². The number of aryl methyl sites for hydroxylation is 2. The lowest BCUT2D eigenvalue weighted by molar-refractivity contribution is 0.558. The summed E-state index contributed by atoms with van der Waals surface area (Å²) in [7, 11) is 3.97. The summed E-state index contributed by atoms with van der Waals surface area (Å²) in [6.45, 7) is 5.26. The normalized spacial score (nSPS) is 12.9. The molecular weight excluding hydrogens is 172 g/mol. The number of nitrogens with one attached hydrogen (secondary N) is 2. The van der Waals surface area contributed by atoms with Crippen molar-refractivity contribution < 1.29 is 0 Å². The topological polar surface area (TPSA) is 24.1 Å². The molecule has 0 saturated heterocycles. The molecule has 2 nitrogen and oxygen atoms in total. The third-order valence-electron chi connectivity index (χ3n) is 2.69. The molecule has 1 rings (SSSR count). The predicted octanol–water partition coefficient (Wildman–Crippen LogP) is 1.78. The highest BCUT2D eigenvalue weighted by Crippen LogP contribution is 2.16. The zero-order valence-corrected chi connectivity index (χ0v) is 9.52. The molecule has 0 fully saturated rings. The van der Waals surface area contributed by atoms with Crippen LogP contribution in [0, 0.1) is 13.8 Å². The molecule has 0 aliphatic rings. The van der Waals surface area contributed by atoms with E-state index in [9.17, 15) is 0 Å². The van der Waals surface area contributed by atoms with Crippen LogP contribution in [-0.4, -0.2) is 20.6 Å². The molecule has 1 atom stereocenters. The summed E-state index contributed by atoms with van der Waals surface area (Å²) >= 11 is 0. The highest BCUT2D eigenvalue weighted by atomic mass is 14.9. The monoisotopic (exact) mass is 192 g/mol. The minimum atomic E-state index is 0.402. The van der Waals surface area contributed by atoms with Crippen molar-refractivity contribution in [2.75, 3.05) is 20.6 Å². The maximum atomic E-state index is 3.30. The van der Waals surface area contributed by atoms with Gasteiger partial charge in [-0.15, -0.1) is 0 Å². The fraction of sp³-hybridized carbons (Fsp3) is 0.500. The number of benzene rings is 1. The van der Waals surface area contributed by atoms with E-state index in [1.165, 1.54) is 16.7 Å². The first-order valence-electron chi connectivity index (χ1n) is 5.08. The molecule has 2 heteroatoms. The molecule has 0 bridgehead atoms. The fourth-order valence-electron chi connectivity index (χ4n) is 1.57. The molecule has 0 aliphatic heterocycles. The molecule has 14 heavy (non-hydrogen) atoms. The molecule has 1 aromatic carbocycles. The van der Waals surface area contributed by atoms with Gasteiger partial charge in [-0.3, -0.25) is 0 Å². The van der Waals surface area contributed by atoms with Gasteiger partial charge in [0.1, 0.15) is 0 Å². The van der Waals surface area contributed by atoms with Gasteiger partial charge in [0.25, 0.3) is 0 Å².